The number of aromatic carboxylic acids is 1. The monoisotopic (exact) mass is 282 g/mol. The van der Waals surface area contributed by atoms with Crippen LogP contribution in [0.25, 0.3) is 17.1 Å². The number of benzene rings is 2. The molecule has 4 nitrogen and oxygen atoms in total. The molecule has 1 heterocycles. The van der Waals surface area contributed by atoms with E-state index in [9.17, 15) is 9.18 Å². The summed E-state index contributed by atoms with van der Waals surface area (Å²) in [5.74, 6) is -0.953. The van der Waals surface area contributed by atoms with Gasteiger partial charge < -0.3 is 5.11 Å². The van der Waals surface area contributed by atoms with Crippen LogP contribution < -0.4 is 0 Å². The summed E-state index contributed by atoms with van der Waals surface area (Å²) in [6.45, 7) is 0. The van der Waals surface area contributed by atoms with Crippen LogP contribution in [0.1, 0.15) is 10.5 Å². The minimum atomic E-state index is -1.10. The number of carboxylic acids is 1. The molecule has 1 N–H and O–H groups in total. The lowest BCUT2D eigenvalue weighted by Gasteiger charge is -2.07. The predicted octanol–water partition coefficient (Wildman–Crippen LogP) is 3.38. The lowest BCUT2D eigenvalue weighted by Crippen LogP contribution is -1.96. The van der Waals surface area contributed by atoms with Gasteiger partial charge in [-0.1, -0.05) is 30.3 Å². The Morgan fingerprint density at radius 3 is 2.33 bits per heavy atom. The van der Waals surface area contributed by atoms with Gasteiger partial charge >= 0.3 is 5.97 Å². The van der Waals surface area contributed by atoms with Crippen molar-refractivity contribution in [3.63, 3.8) is 0 Å². The van der Waals surface area contributed by atoms with Gasteiger partial charge in [-0.15, -0.1) is 0 Å². The van der Waals surface area contributed by atoms with Crippen molar-refractivity contribution >= 4 is 5.97 Å². The maximum atomic E-state index is 13.0. The molecule has 2 aromatic carbocycles. The zero-order chi connectivity index (χ0) is 14.8. The SMILES string of the molecule is O=C(O)c1cn(-c2ccc(F)cc2)c(-c2ccccc2)n1. The Hall–Kier alpha value is -2.95. The topological polar surface area (TPSA) is 55.1 Å². The molecule has 0 aliphatic heterocycles. The first kappa shape index (κ1) is 13.1. The maximum absolute atomic E-state index is 13.0. The van der Waals surface area contributed by atoms with Crippen LogP contribution in [-0.2, 0) is 0 Å². The zero-order valence-electron chi connectivity index (χ0n) is 10.9. The molecule has 21 heavy (non-hydrogen) atoms. The van der Waals surface area contributed by atoms with Gasteiger partial charge in [0.25, 0.3) is 0 Å². The van der Waals surface area contributed by atoms with E-state index in [1.165, 1.54) is 18.3 Å². The lowest BCUT2D eigenvalue weighted by molar-refractivity contribution is 0.0691. The van der Waals surface area contributed by atoms with E-state index >= 15 is 0 Å². The first-order valence-electron chi connectivity index (χ1n) is 6.29. The van der Waals surface area contributed by atoms with E-state index in [2.05, 4.69) is 4.98 Å². The normalized spacial score (nSPS) is 10.5. The molecule has 0 bridgehead atoms. The Bertz CT molecular complexity index is 780. The number of carbonyl (C=O) groups is 1. The standard InChI is InChI=1S/C16H11FN2O2/c17-12-6-8-13(9-7-12)19-10-14(16(20)21)18-15(19)11-4-2-1-3-5-11/h1-10H,(H,20,21). The van der Waals surface area contributed by atoms with Crippen LogP contribution >= 0.6 is 0 Å². The zero-order valence-corrected chi connectivity index (χ0v) is 10.9. The largest absolute Gasteiger partial charge is 0.476 e. The molecule has 0 radical (unpaired) electrons. The van der Waals surface area contributed by atoms with Gasteiger partial charge in [-0.25, -0.2) is 14.2 Å². The molecule has 0 spiro atoms. The number of halogens is 1. The molecule has 0 saturated carbocycles. The van der Waals surface area contributed by atoms with Crippen molar-refractivity contribution in [2.75, 3.05) is 0 Å². The van der Waals surface area contributed by atoms with Crippen molar-refractivity contribution in [3.8, 4) is 17.1 Å². The number of carboxylic acid groups (broad SMARTS) is 1. The van der Waals surface area contributed by atoms with E-state index < -0.39 is 5.97 Å². The molecule has 0 amide bonds. The van der Waals surface area contributed by atoms with Crippen molar-refractivity contribution in [2.45, 2.75) is 0 Å². The van der Waals surface area contributed by atoms with E-state index in [1.807, 2.05) is 30.3 Å². The van der Waals surface area contributed by atoms with Gasteiger partial charge in [0.05, 0.1) is 0 Å². The minimum absolute atomic E-state index is 0.0572. The van der Waals surface area contributed by atoms with Crippen LogP contribution in [0.5, 0.6) is 0 Å². The molecule has 0 fully saturated rings. The number of hydrogen-bond donors (Lipinski definition) is 1. The van der Waals surface area contributed by atoms with E-state index in [1.54, 1.807) is 16.7 Å². The highest BCUT2D eigenvalue weighted by Crippen LogP contribution is 2.23. The van der Waals surface area contributed by atoms with Crippen molar-refractivity contribution < 1.29 is 14.3 Å². The molecule has 0 unspecified atom stereocenters. The van der Waals surface area contributed by atoms with Crippen molar-refractivity contribution in [2.24, 2.45) is 0 Å². The van der Waals surface area contributed by atoms with Crippen LogP contribution in [0.15, 0.2) is 60.8 Å². The maximum Gasteiger partial charge on any atom is 0.356 e. The summed E-state index contributed by atoms with van der Waals surface area (Å²) < 4.78 is 14.7. The number of aromatic nitrogens is 2. The van der Waals surface area contributed by atoms with Crippen LogP contribution in [-0.4, -0.2) is 20.6 Å². The second-order valence-electron chi connectivity index (χ2n) is 4.47. The molecule has 104 valence electrons. The van der Waals surface area contributed by atoms with Crippen LogP contribution in [0, 0.1) is 5.82 Å². The molecule has 3 rings (SSSR count). The third kappa shape index (κ3) is 2.53. The highest BCUT2D eigenvalue weighted by molar-refractivity contribution is 5.86. The molecule has 0 aliphatic carbocycles. The number of imidazole rings is 1. The number of nitrogens with zero attached hydrogens (tertiary/aromatic N) is 2. The first-order chi connectivity index (χ1) is 10.1. The van der Waals surface area contributed by atoms with E-state index in [-0.39, 0.29) is 11.5 Å². The minimum Gasteiger partial charge on any atom is -0.476 e. The van der Waals surface area contributed by atoms with Crippen molar-refractivity contribution in [1.82, 2.24) is 9.55 Å². The van der Waals surface area contributed by atoms with E-state index in [4.69, 9.17) is 5.11 Å². The molecule has 0 aliphatic rings. The van der Waals surface area contributed by atoms with Crippen LogP contribution in [0.2, 0.25) is 0 Å². The predicted molar refractivity (Wildman–Crippen MR) is 75.9 cm³/mol. The van der Waals surface area contributed by atoms with Crippen LogP contribution in [0.3, 0.4) is 0 Å². The van der Waals surface area contributed by atoms with Gasteiger partial charge in [-0.05, 0) is 24.3 Å². The Morgan fingerprint density at radius 1 is 1.05 bits per heavy atom. The van der Waals surface area contributed by atoms with Gasteiger partial charge in [0.2, 0.25) is 0 Å². The third-order valence-electron chi connectivity index (χ3n) is 3.06. The molecular weight excluding hydrogens is 271 g/mol. The number of rotatable bonds is 3. The quantitative estimate of drug-likeness (QED) is 0.801. The Morgan fingerprint density at radius 2 is 1.71 bits per heavy atom. The summed E-state index contributed by atoms with van der Waals surface area (Å²) in [5.41, 5.74) is 1.38. The fourth-order valence-corrected chi connectivity index (χ4v) is 2.07. The molecular formula is C16H11FN2O2. The van der Waals surface area contributed by atoms with Gasteiger partial charge in [0.1, 0.15) is 11.6 Å². The Kier molecular flexibility index (Phi) is 3.23. The summed E-state index contributed by atoms with van der Waals surface area (Å²) in [6.07, 6.45) is 1.43. The van der Waals surface area contributed by atoms with Crippen molar-refractivity contribution in [1.29, 1.82) is 0 Å². The Balaban J connectivity index is 2.19. The highest BCUT2D eigenvalue weighted by atomic mass is 19.1. The summed E-state index contributed by atoms with van der Waals surface area (Å²) in [6, 6.07) is 15.0. The molecule has 5 heteroatoms. The summed E-state index contributed by atoms with van der Waals surface area (Å²) in [7, 11) is 0. The highest BCUT2D eigenvalue weighted by Gasteiger charge is 2.15. The van der Waals surface area contributed by atoms with Gasteiger partial charge in [0, 0.05) is 17.4 Å². The van der Waals surface area contributed by atoms with Gasteiger partial charge in [-0.2, -0.15) is 0 Å². The van der Waals surface area contributed by atoms with Gasteiger partial charge in [-0.3, -0.25) is 4.57 Å². The molecule has 0 atom stereocenters. The fourth-order valence-electron chi connectivity index (χ4n) is 2.07. The average molecular weight is 282 g/mol. The van der Waals surface area contributed by atoms with E-state index in [0.29, 0.717) is 11.5 Å². The lowest BCUT2D eigenvalue weighted by atomic mass is 10.2. The van der Waals surface area contributed by atoms with Crippen molar-refractivity contribution in [3.05, 3.63) is 72.3 Å². The second-order valence-corrected chi connectivity index (χ2v) is 4.47. The summed E-state index contributed by atoms with van der Waals surface area (Å²) in [4.78, 5) is 15.3. The molecule has 3 aromatic rings. The fraction of sp³-hybridized carbons (Fsp3) is 0. The molecule has 0 saturated heterocycles. The average Bonchev–Trinajstić information content (AvgIpc) is 2.94. The summed E-state index contributed by atoms with van der Waals surface area (Å²) in [5, 5.41) is 9.12. The smallest absolute Gasteiger partial charge is 0.356 e. The van der Waals surface area contributed by atoms with Gasteiger partial charge in [0.15, 0.2) is 5.69 Å². The van der Waals surface area contributed by atoms with Crippen LogP contribution in [0.4, 0.5) is 4.39 Å². The summed E-state index contributed by atoms with van der Waals surface area (Å²) >= 11 is 0. The first-order valence-corrected chi connectivity index (χ1v) is 6.29. The Labute approximate surface area is 120 Å². The number of hydrogen-bond acceptors (Lipinski definition) is 2. The molecule has 1 aromatic heterocycles. The third-order valence-corrected chi connectivity index (χ3v) is 3.06. The second kappa shape index (κ2) is 5.20. The van der Waals surface area contributed by atoms with E-state index in [0.717, 1.165) is 5.56 Å².